The van der Waals surface area contributed by atoms with Crippen LogP contribution in [0.15, 0.2) is 117 Å². The quantitative estimate of drug-likeness (QED) is 0.0437. The highest BCUT2D eigenvalue weighted by molar-refractivity contribution is 6.58. The molecule has 0 aliphatic heterocycles. The minimum Gasteiger partial charge on any atom is -0.477 e. The Morgan fingerprint density at radius 1 is 0.667 bits per heavy atom. The third-order valence-electron chi connectivity index (χ3n) is 9.76. The minimum absolute atomic E-state index is 0.000000000000000444. The number of aryl methyl sites for hydroxylation is 6. The highest BCUT2D eigenvalue weighted by Crippen LogP contribution is 2.15. The molecular weight excluding hydrogens is 978 g/mol. The lowest BCUT2D eigenvalue weighted by molar-refractivity contribution is -0.141. The molecule has 0 unspecified atom stereocenters. The number of nitrogens with two attached hydrogens (primary N) is 1. The molecule has 0 bridgehead atoms. The number of rotatable bonds is 9. The van der Waals surface area contributed by atoms with Crippen LogP contribution in [0.4, 0.5) is 13.2 Å². The predicted octanol–water partition coefficient (Wildman–Crippen LogP) is 6.69. The van der Waals surface area contributed by atoms with Crippen LogP contribution in [0.2, 0.25) is 0 Å². The van der Waals surface area contributed by atoms with Gasteiger partial charge in [0.25, 0.3) is 16.7 Å². The summed E-state index contributed by atoms with van der Waals surface area (Å²) >= 11 is 0. The predicted molar refractivity (Wildman–Crippen MR) is 278 cm³/mol. The molecule has 0 spiro atoms. The molecule has 0 saturated carbocycles. The molecule has 17 nitrogen and oxygen atoms in total. The summed E-state index contributed by atoms with van der Waals surface area (Å²) in [5, 5.41) is 34.1. The topological polar surface area (TPSA) is 282 Å². The number of ketones is 3. The number of aromatic carboxylic acids is 1. The second-order valence-corrected chi connectivity index (χ2v) is 16.2. The van der Waals surface area contributed by atoms with E-state index in [1.165, 1.54) is 109 Å². The molecule has 6 N–H and O–H groups in total. The van der Waals surface area contributed by atoms with Gasteiger partial charge in [0.05, 0.1) is 23.8 Å². The molecule has 3 aromatic heterocycles. The third-order valence-corrected chi connectivity index (χ3v) is 9.76. The Balaban J connectivity index is 0.000000469. The van der Waals surface area contributed by atoms with Crippen molar-refractivity contribution in [1.29, 1.82) is 5.26 Å². The van der Waals surface area contributed by atoms with Gasteiger partial charge in [-0.1, -0.05) is 12.1 Å². The third kappa shape index (κ3) is 21.1. The average molecular weight is 1040 g/mol. The van der Waals surface area contributed by atoms with Gasteiger partial charge in [-0.05, 0) is 183 Å². The number of nitriles is 1. The van der Waals surface area contributed by atoms with Gasteiger partial charge < -0.3 is 30.6 Å². The maximum atomic E-state index is 12.9. The summed E-state index contributed by atoms with van der Waals surface area (Å²) in [5.41, 5.74) is 9.77. The first kappa shape index (κ1) is 64.3. The van der Waals surface area contributed by atoms with Gasteiger partial charge in [-0.2, -0.15) is 5.26 Å². The molecule has 75 heavy (non-hydrogen) atoms. The normalized spacial score (nSPS) is 10.0. The van der Waals surface area contributed by atoms with Crippen LogP contribution in [0.1, 0.15) is 106 Å². The highest BCUT2D eigenvalue weighted by atomic mass is 19.1. The SMILES string of the molecule is CC(=O)/C=C(/C)N.CC(=O)c1c(C)cc(C)[nH]c1=O.CC(=O)c1c(C)cc(C)n(-c2ccc(F)cc2)c1=O.CCOC(=O)CC#N.Cc1cc(C)n(-c2ccc(F)cc2)c(=O)c1C(=O)O.OB(O)c1ccc(F)cc1. The number of carboxylic acid groups (broad SMARTS) is 1. The summed E-state index contributed by atoms with van der Waals surface area (Å²) in [7, 11) is -1.51. The Morgan fingerprint density at radius 2 is 1.05 bits per heavy atom. The van der Waals surface area contributed by atoms with E-state index in [9.17, 15) is 51.5 Å². The number of carbonyl (C=O) groups excluding carboxylic acids is 4. The summed E-state index contributed by atoms with van der Waals surface area (Å²) in [6.45, 7) is 18.3. The number of allylic oxidation sites excluding steroid dienone is 2. The van der Waals surface area contributed by atoms with E-state index in [-0.39, 0.29) is 63.2 Å². The van der Waals surface area contributed by atoms with E-state index >= 15 is 0 Å². The van der Waals surface area contributed by atoms with Crippen LogP contribution in [0.25, 0.3) is 11.4 Å². The van der Waals surface area contributed by atoms with E-state index in [4.69, 9.17) is 26.2 Å². The number of H-pyrrole nitrogens is 1. The molecule has 0 saturated heterocycles. The van der Waals surface area contributed by atoms with Crippen molar-refractivity contribution < 1.29 is 57.0 Å². The molecule has 3 aromatic carbocycles. The lowest BCUT2D eigenvalue weighted by Gasteiger charge is -2.13. The number of nitrogens with zero attached hydrogens (tertiary/aromatic N) is 3. The van der Waals surface area contributed by atoms with Gasteiger partial charge in [0.1, 0.15) is 29.4 Å². The van der Waals surface area contributed by atoms with Crippen molar-refractivity contribution in [2.75, 3.05) is 6.61 Å². The molecule has 0 aliphatic carbocycles. The number of carbonyl (C=O) groups is 5. The number of pyridine rings is 3. The number of halogens is 3. The molecule has 21 heteroatoms. The number of aromatic amines is 1. The molecule has 396 valence electrons. The maximum absolute atomic E-state index is 12.9. The zero-order valence-electron chi connectivity index (χ0n) is 43.3. The van der Waals surface area contributed by atoms with Crippen LogP contribution in [-0.4, -0.2) is 72.3 Å². The number of hydrogen-bond acceptors (Lipinski definition) is 13. The van der Waals surface area contributed by atoms with Crippen molar-refractivity contribution in [3.8, 4) is 17.4 Å². The van der Waals surface area contributed by atoms with Gasteiger partial charge in [-0.3, -0.25) is 42.7 Å². The van der Waals surface area contributed by atoms with Crippen LogP contribution in [0.3, 0.4) is 0 Å². The standard InChI is InChI=1S/C15H14FNO2.C14H12FNO3.C9H11NO2.C6H6BFO2.C5H7NO2.C5H9NO/c1-9-8-10(2)17(15(19)14(9)11(3)18)13-6-4-12(16)5-7-13;1-8-7-9(2)16(13(17)12(8)14(18)19)11-5-3-10(15)4-6-11;1-5-4-6(2)10-9(12)8(5)7(3)11;8-6-3-1-5(2-4-6)7(9)10;1-2-8-5(7)3-4-6;1-4(6)3-5(2)7/h4-8H,1-3H3;3-7H,1-2H3,(H,18,19);4H,1-3H3,(H,10,12);1-4,9-10H;2-3H2,1H3;3H,6H2,1-2H3/b;;;;;4-3-. The summed E-state index contributed by atoms with van der Waals surface area (Å²) in [4.78, 5) is 92.4. The number of ether oxygens (including phenoxy) is 1. The van der Waals surface area contributed by atoms with Crippen molar-refractivity contribution in [2.24, 2.45) is 5.73 Å². The summed E-state index contributed by atoms with van der Waals surface area (Å²) in [6, 6.07) is 22.8. The lowest BCUT2D eigenvalue weighted by atomic mass is 9.80. The maximum Gasteiger partial charge on any atom is 0.488 e. The Bertz CT molecular complexity index is 3100. The number of Topliss-reactive ketones (excluding diaryl/α,β-unsaturated/α-hetero) is 2. The number of benzene rings is 3. The van der Waals surface area contributed by atoms with E-state index in [0.717, 1.165) is 11.3 Å². The number of aromatic nitrogens is 3. The van der Waals surface area contributed by atoms with Gasteiger partial charge in [0, 0.05) is 34.2 Å². The van der Waals surface area contributed by atoms with E-state index in [0.29, 0.717) is 51.7 Å². The molecule has 6 rings (SSSR count). The summed E-state index contributed by atoms with van der Waals surface area (Å²) in [5.74, 6) is -3.33. The molecule has 0 radical (unpaired) electrons. The Kier molecular flexibility index (Phi) is 26.6. The van der Waals surface area contributed by atoms with E-state index in [1.807, 2.05) is 0 Å². The minimum atomic E-state index is -1.51. The number of carboxylic acids is 1. The molecule has 0 atom stereocenters. The fourth-order valence-electron chi connectivity index (χ4n) is 6.82. The Morgan fingerprint density at radius 3 is 1.37 bits per heavy atom. The van der Waals surface area contributed by atoms with E-state index < -0.39 is 30.4 Å². The fourth-order valence-corrected chi connectivity index (χ4v) is 6.82. The van der Waals surface area contributed by atoms with Crippen LogP contribution < -0.4 is 27.9 Å². The molecule has 6 aromatic rings. The number of hydrogen-bond donors (Lipinski definition) is 5. The van der Waals surface area contributed by atoms with Crippen LogP contribution >= 0.6 is 0 Å². The first-order valence-electron chi connectivity index (χ1n) is 22.5. The van der Waals surface area contributed by atoms with Crippen LogP contribution in [0, 0.1) is 70.3 Å². The van der Waals surface area contributed by atoms with Crippen molar-refractivity contribution in [3.05, 3.63) is 202 Å². The Hall–Kier alpha value is -8.74. The highest BCUT2D eigenvalue weighted by Gasteiger charge is 2.18. The second kappa shape index (κ2) is 31.0. The zero-order valence-corrected chi connectivity index (χ0v) is 43.3. The van der Waals surface area contributed by atoms with E-state index in [2.05, 4.69) is 9.72 Å². The fraction of sp³-hybridized carbons (Fsp3) is 0.241. The number of esters is 1. The monoisotopic (exact) mass is 1040 g/mol. The van der Waals surface area contributed by atoms with Crippen LogP contribution in [-0.2, 0) is 14.3 Å². The van der Waals surface area contributed by atoms with Gasteiger partial charge in [0.2, 0.25) is 0 Å². The lowest BCUT2D eigenvalue weighted by Crippen LogP contribution is -2.29. The van der Waals surface area contributed by atoms with Gasteiger partial charge >= 0.3 is 19.1 Å². The first-order chi connectivity index (χ1) is 35.0. The smallest absolute Gasteiger partial charge is 0.477 e. The van der Waals surface area contributed by atoms with Crippen LogP contribution in [0.5, 0.6) is 0 Å². The molecule has 3 heterocycles. The van der Waals surface area contributed by atoms with Crippen molar-refractivity contribution in [3.63, 3.8) is 0 Å². The van der Waals surface area contributed by atoms with Crippen molar-refractivity contribution in [2.45, 2.75) is 82.6 Å². The molecule has 0 amide bonds. The van der Waals surface area contributed by atoms with Crippen molar-refractivity contribution in [1.82, 2.24) is 14.1 Å². The Labute approximate surface area is 431 Å². The van der Waals surface area contributed by atoms with Gasteiger partial charge in [-0.15, -0.1) is 0 Å². The molecule has 0 aliphatic rings. The zero-order chi connectivity index (χ0) is 57.4. The largest absolute Gasteiger partial charge is 0.488 e. The summed E-state index contributed by atoms with van der Waals surface area (Å²) < 4.78 is 45.1. The first-order valence-corrected chi connectivity index (χ1v) is 22.5. The van der Waals surface area contributed by atoms with E-state index in [1.54, 1.807) is 79.7 Å². The average Bonchev–Trinajstić information content (AvgIpc) is 3.27. The molecule has 0 fully saturated rings. The van der Waals surface area contributed by atoms with Gasteiger partial charge in [-0.25, -0.2) is 18.0 Å². The second-order valence-electron chi connectivity index (χ2n) is 16.2. The molecular formula is C54H59BF3N5O12. The van der Waals surface area contributed by atoms with Crippen molar-refractivity contribution >= 4 is 41.9 Å². The summed E-state index contributed by atoms with van der Waals surface area (Å²) in [6.07, 6.45) is 1.24. The number of nitrogens with one attached hydrogen (secondary N) is 1. The van der Waals surface area contributed by atoms with Gasteiger partial charge in [0.15, 0.2) is 17.3 Å².